The van der Waals surface area contributed by atoms with E-state index in [0.29, 0.717) is 22.0 Å². The molecule has 2 heterocycles. The summed E-state index contributed by atoms with van der Waals surface area (Å²) in [6.45, 7) is 3.48. The molecule has 0 radical (unpaired) electrons. The lowest BCUT2D eigenvalue weighted by Crippen LogP contribution is -2.14. The van der Waals surface area contributed by atoms with Gasteiger partial charge in [-0.05, 0) is 49.2 Å². The fourth-order valence-electron chi connectivity index (χ4n) is 2.18. The number of sulfonamides is 1. The average Bonchev–Trinajstić information content (AvgIpc) is 2.99. The monoisotopic (exact) mass is 379 g/mol. The molecule has 3 rings (SSSR count). The maximum absolute atomic E-state index is 12.6. The van der Waals surface area contributed by atoms with Gasteiger partial charge >= 0.3 is 0 Å². The maximum Gasteiger partial charge on any atom is 0.263 e. The lowest BCUT2D eigenvalue weighted by Gasteiger charge is -2.10. The fourth-order valence-corrected chi connectivity index (χ4v) is 4.54. The Labute approximate surface area is 149 Å². The van der Waals surface area contributed by atoms with Crippen LogP contribution >= 0.6 is 22.9 Å². The van der Waals surface area contributed by atoms with E-state index >= 15 is 0 Å². The van der Waals surface area contributed by atoms with Gasteiger partial charge in [0.05, 0.1) is 4.90 Å². The minimum atomic E-state index is -3.73. The van der Waals surface area contributed by atoms with Gasteiger partial charge in [0.25, 0.3) is 10.0 Å². The molecule has 1 aromatic carbocycles. The smallest absolute Gasteiger partial charge is 0.263 e. The number of pyridine rings is 1. The molecule has 8 heteroatoms. The van der Waals surface area contributed by atoms with Gasteiger partial charge in [0.15, 0.2) is 5.82 Å². The van der Waals surface area contributed by atoms with Crippen LogP contribution < -0.4 is 4.72 Å². The van der Waals surface area contributed by atoms with E-state index in [9.17, 15) is 8.42 Å². The van der Waals surface area contributed by atoms with Gasteiger partial charge < -0.3 is 0 Å². The van der Waals surface area contributed by atoms with Crippen molar-refractivity contribution in [3.63, 3.8) is 0 Å². The van der Waals surface area contributed by atoms with Crippen LogP contribution in [0.1, 0.15) is 11.1 Å². The molecule has 0 unspecified atom stereocenters. The first-order chi connectivity index (χ1) is 11.4. The number of thiazole rings is 1. The van der Waals surface area contributed by atoms with Gasteiger partial charge in [0, 0.05) is 28.4 Å². The highest BCUT2D eigenvalue weighted by molar-refractivity contribution is 7.92. The van der Waals surface area contributed by atoms with Crippen LogP contribution in [0.15, 0.2) is 46.9 Å². The Kier molecular flexibility index (Phi) is 4.58. The molecule has 5 nitrogen and oxygen atoms in total. The van der Waals surface area contributed by atoms with Gasteiger partial charge in [-0.3, -0.25) is 9.71 Å². The molecule has 0 aliphatic carbocycles. The third-order valence-electron chi connectivity index (χ3n) is 3.42. The van der Waals surface area contributed by atoms with Crippen molar-refractivity contribution in [2.75, 3.05) is 4.72 Å². The van der Waals surface area contributed by atoms with Crippen LogP contribution in [0.5, 0.6) is 0 Å². The Morgan fingerprint density at radius 1 is 1.12 bits per heavy atom. The van der Waals surface area contributed by atoms with Gasteiger partial charge in [-0.15, -0.1) is 11.3 Å². The molecular weight excluding hydrogens is 366 g/mol. The minimum Gasteiger partial charge on any atom is -0.265 e. The topological polar surface area (TPSA) is 72.0 Å². The number of aromatic nitrogens is 2. The number of aryl methyl sites for hydroxylation is 2. The molecule has 0 atom stereocenters. The highest BCUT2D eigenvalue weighted by Crippen LogP contribution is 2.28. The highest BCUT2D eigenvalue weighted by atomic mass is 35.5. The van der Waals surface area contributed by atoms with Gasteiger partial charge in [-0.2, -0.15) is 0 Å². The minimum absolute atomic E-state index is 0.197. The van der Waals surface area contributed by atoms with Crippen LogP contribution in [-0.4, -0.2) is 18.4 Å². The summed E-state index contributed by atoms with van der Waals surface area (Å²) in [4.78, 5) is 8.49. The second-order valence-corrected chi connectivity index (χ2v) is 8.16. The molecule has 0 aliphatic rings. The number of rotatable bonds is 4. The molecule has 0 aliphatic heterocycles. The zero-order valence-electron chi connectivity index (χ0n) is 12.9. The second-order valence-electron chi connectivity index (χ2n) is 5.25. The van der Waals surface area contributed by atoms with Crippen molar-refractivity contribution >= 4 is 38.8 Å². The number of nitrogens with one attached hydrogen (secondary N) is 1. The summed E-state index contributed by atoms with van der Waals surface area (Å²) >= 11 is 7.40. The number of hydrogen-bond donors (Lipinski definition) is 1. The molecule has 0 spiro atoms. The molecule has 0 amide bonds. The predicted molar refractivity (Wildman–Crippen MR) is 97.1 cm³/mol. The Morgan fingerprint density at radius 2 is 1.83 bits per heavy atom. The Bertz CT molecular complexity index is 986. The van der Waals surface area contributed by atoms with Gasteiger partial charge in [0.2, 0.25) is 0 Å². The molecule has 3 aromatic rings. The first-order valence-electron chi connectivity index (χ1n) is 7.02. The van der Waals surface area contributed by atoms with E-state index in [4.69, 9.17) is 11.6 Å². The van der Waals surface area contributed by atoms with E-state index < -0.39 is 10.0 Å². The Morgan fingerprint density at radius 3 is 2.54 bits per heavy atom. The zero-order valence-corrected chi connectivity index (χ0v) is 15.3. The van der Waals surface area contributed by atoms with E-state index in [0.717, 1.165) is 10.6 Å². The highest BCUT2D eigenvalue weighted by Gasteiger charge is 2.19. The number of benzene rings is 1. The summed E-state index contributed by atoms with van der Waals surface area (Å²) in [6.07, 6.45) is 3.33. The van der Waals surface area contributed by atoms with Crippen LogP contribution in [0.2, 0.25) is 5.02 Å². The molecule has 0 bridgehead atoms. The number of hydrogen-bond acceptors (Lipinski definition) is 5. The van der Waals surface area contributed by atoms with Crippen molar-refractivity contribution in [3.8, 4) is 10.6 Å². The van der Waals surface area contributed by atoms with Crippen molar-refractivity contribution in [2.24, 2.45) is 0 Å². The molecule has 0 fully saturated rings. The summed E-state index contributed by atoms with van der Waals surface area (Å²) < 4.78 is 27.8. The maximum atomic E-state index is 12.6. The summed E-state index contributed by atoms with van der Waals surface area (Å²) in [6, 6.07) is 6.86. The zero-order chi connectivity index (χ0) is 17.3. The van der Waals surface area contributed by atoms with Crippen molar-refractivity contribution in [1.82, 2.24) is 9.97 Å². The van der Waals surface area contributed by atoms with Gasteiger partial charge in [-0.1, -0.05) is 11.6 Å². The van der Waals surface area contributed by atoms with E-state index in [2.05, 4.69) is 14.7 Å². The van der Waals surface area contributed by atoms with Gasteiger partial charge in [-0.25, -0.2) is 13.4 Å². The van der Waals surface area contributed by atoms with Gasteiger partial charge in [0.1, 0.15) is 5.01 Å². The molecule has 24 heavy (non-hydrogen) atoms. The molecule has 0 saturated heterocycles. The molecule has 2 aromatic heterocycles. The van der Waals surface area contributed by atoms with Crippen molar-refractivity contribution in [2.45, 2.75) is 18.7 Å². The first-order valence-corrected chi connectivity index (χ1v) is 9.76. The standard InChI is InChI=1S/C16H14ClN3O2S2/c1-10-8-14(11(2)7-13(10)17)24(21,22)20-15-9-23-16(19-15)12-3-5-18-6-4-12/h3-9,20H,1-2H3. The first kappa shape index (κ1) is 16.9. The fraction of sp³-hybridized carbons (Fsp3) is 0.125. The largest absolute Gasteiger partial charge is 0.265 e. The number of nitrogens with zero attached hydrogens (tertiary/aromatic N) is 2. The average molecular weight is 380 g/mol. The number of halogens is 1. The van der Waals surface area contributed by atoms with Crippen LogP contribution in [-0.2, 0) is 10.0 Å². The molecule has 0 saturated carbocycles. The molecule has 124 valence electrons. The third kappa shape index (κ3) is 3.43. The number of anilines is 1. The summed E-state index contributed by atoms with van der Waals surface area (Å²) in [5, 5.41) is 2.94. The lowest BCUT2D eigenvalue weighted by molar-refractivity contribution is 0.600. The molecular formula is C16H14ClN3O2S2. The van der Waals surface area contributed by atoms with Crippen LogP contribution in [0, 0.1) is 13.8 Å². The molecule has 1 N–H and O–H groups in total. The predicted octanol–water partition coefficient (Wildman–Crippen LogP) is 4.28. The van der Waals surface area contributed by atoms with Crippen molar-refractivity contribution in [1.29, 1.82) is 0 Å². The summed E-state index contributed by atoms with van der Waals surface area (Å²) in [5.74, 6) is 0.291. The summed E-state index contributed by atoms with van der Waals surface area (Å²) in [5.41, 5.74) is 2.18. The lowest BCUT2D eigenvalue weighted by atomic mass is 10.2. The quantitative estimate of drug-likeness (QED) is 0.734. The van der Waals surface area contributed by atoms with Crippen LogP contribution in [0.25, 0.3) is 10.6 Å². The SMILES string of the molecule is Cc1cc(S(=O)(=O)Nc2csc(-c3ccncc3)n2)c(C)cc1Cl. The van der Waals surface area contributed by atoms with E-state index in [-0.39, 0.29) is 4.90 Å². The Hall–Kier alpha value is -1.96. The second kappa shape index (κ2) is 6.51. The van der Waals surface area contributed by atoms with Crippen LogP contribution in [0.4, 0.5) is 5.82 Å². The van der Waals surface area contributed by atoms with E-state index in [1.165, 1.54) is 11.3 Å². The van der Waals surface area contributed by atoms with Crippen molar-refractivity contribution in [3.05, 3.63) is 58.2 Å². The Balaban J connectivity index is 1.91. The van der Waals surface area contributed by atoms with Crippen molar-refractivity contribution < 1.29 is 8.42 Å². The third-order valence-corrected chi connectivity index (χ3v) is 6.21. The summed E-state index contributed by atoms with van der Waals surface area (Å²) in [7, 11) is -3.73. The van der Waals surface area contributed by atoms with E-state index in [1.54, 1.807) is 43.8 Å². The van der Waals surface area contributed by atoms with Crippen LogP contribution in [0.3, 0.4) is 0 Å². The normalized spacial score (nSPS) is 11.5. The van der Waals surface area contributed by atoms with E-state index in [1.807, 2.05) is 12.1 Å².